The zero-order valence-electron chi connectivity index (χ0n) is 14.5. The number of fused-ring (bicyclic) bond motifs is 1. The van der Waals surface area contributed by atoms with Crippen molar-refractivity contribution in [3.8, 4) is 6.07 Å². The summed E-state index contributed by atoms with van der Waals surface area (Å²) in [4.78, 5) is 4.56. The predicted octanol–water partition coefficient (Wildman–Crippen LogP) is 4.02. The molecule has 0 saturated carbocycles. The maximum atomic E-state index is 13.0. The molecule has 0 spiro atoms. The van der Waals surface area contributed by atoms with Crippen LogP contribution < -0.4 is 4.90 Å². The number of hydrogen-bond acceptors (Lipinski definition) is 3. The fourth-order valence-corrected chi connectivity index (χ4v) is 3.53. The summed E-state index contributed by atoms with van der Waals surface area (Å²) in [6.45, 7) is 2.72. The number of allylic oxidation sites excluding steroid dienone is 1. The second-order valence-electron chi connectivity index (χ2n) is 6.67. The molecule has 4 heteroatoms. The molecule has 0 fully saturated rings. The quantitative estimate of drug-likeness (QED) is 0.838. The Bertz CT molecular complexity index is 906. The summed E-state index contributed by atoms with van der Waals surface area (Å²) in [6, 6.07) is 14.9. The molecule has 0 radical (unpaired) electrons. The Morgan fingerprint density at radius 3 is 2.69 bits per heavy atom. The summed E-state index contributed by atoms with van der Waals surface area (Å²) in [5.74, 6) is -0.190. The summed E-state index contributed by atoms with van der Waals surface area (Å²) in [7, 11) is 0. The number of halogens is 1. The van der Waals surface area contributed by atoms with Crippen molar-refractivity contribution in [3.63, 3.8) is 0 Å². The first kappa shape index (κ1) is 16.4. The Balaban J connectivity index is 1.39. The van der Waals surface area contributed by atoms with Crippen LogP contribution in [0.3, 0.4) is 0 Å². The van der Waals surface area contributed by atoms with Gasteiger partial charge < -0.3 is 9.80 Å². The van der Waals surface area contributed by atoms with Crippen LogP contribution in [0.5, 0.6) is 0 Å². The van der Waals surface area contributed by atoms with Gasteiger partial charge in [-0.15, -0.1) is 0 Å². The minimum Gasteiger partial charge on any atom is -0.373 e. The average molecular weight is 345 g/mol. The van der Waals surface area contributed by atoms with Gasteiger partial charge in [-0.3, -0.25) is 0 Å². The van der Waals surface area contributed by atoms with E-state index >= 15 is 0 Å². The van der Waals surface area contributed by atoms with E-state index in [4.69, 9.17) is 5.26 Å². The Labute approximate surface area is 153 Å². The van der Waals surface area contributed by atoms with Crippen molar-refractivity contribution in [1.82, 2.24) is 4.90 Å². The summed E-state index contributed by atoms with van der Waals surface area (Å²) in [5, 5.41) is 9.14. The molecule has 130 valence electrons. The minimum absolute atomic E-state index is 0.190. The molecule has 0 saturated heterocycles. The normalized spacial score (nSPS) is 15.6. The third kappa shape index (κ3) is 3.34. The van der Waals surface area contributed by atoms with Crippen LogP contribution in [-0.4, -0.2) is 24.5 Å². The molecular formula is C22H20FN3. The molecule has 0 aliphatic carbocycles. The van der Waals surface area contributed by atoms with Crippen molar-refractivity contribution in [1.29, 1.82) is 5.26 Å². The number of nitriles is 1. The molecule has 2 aliphatic rings. The summed E-state index contributed by atoms with van der Waals surface area (Å²) >= 11 is 0. The first-order valence-corrected chi connectivity index (χ1v) is 8.90. The Morgan fingerprint density at radius 2 is 1.96 bits per heavy atom. The van der Waals surface area contributed by atoms with Gasteiger partial charge in [0.25, 0.3) is 0 Å². The zero-order valence-corrected chi connectivity index (χ0v) is 14.5. The summed E-state index contributed by atoms with van der Waals surface area (Å²) in [6.07, 6.45) is 8.42. The highest BCUT2D eigenvalue weighted by Crippen LogP contribution is 2.32. The maximum absolute atomic E-state index is 13.0. The standard InChI is InChI=1S/C22H20FN3/c23-20-5-2-17(3-6-20)7-11-25-12-9-21(10-13-25)26-14-8-19-4-1-18(16-24)15-22(19)26/h1-6,9-10,12,15H,7-8,11,13-14H2. The van der Waals surface area contributed by atoms with Crippen molar-refractivity contribution in [3.05, 3.63) is 89.0 Å². The van der Waals surface area contributed by atoms with Crippen molar-refractivity contribution >= 4 is 5.69 Å². The van der Waals surface area contributed by atoms with Crippen molar-refractivity contribution < 1.29 is 4.39 Å². The fourth-order valence-electron chi connectivity index (χ4n) is 3.53. The molecule has 4 rings (SSSR count). The number of benzene rings is 2. The van der Waals surface area contributed by atoms with Crippen LogP contribution in [-0.2, 0) is 12.8 Å². The first-order valence-electron chi connectivity index (χ1n) is 8.90. The molecule has 0 N–H and O–H groups in total. The topological polar surface area (TPSA) is 30.3 Å². The van der Waals surface area contributed by atoms with Gasteiger partial charge in [0.2, 0.25) is 0 Å². The van der Waals surface area contributed by atoms with Crippen molar-refractivity contribution in [2.24, 2.45) is 0 Å². The monoisotopic (exact) mass is 345 g/mol. The Kier molecular flexibility index (Phi) is 4.45. The van der Waals surface area contributed by atoms with Crippen LogP contribution in [0.1, 0.15) is 16.7 Å². The van der Waals surface area contributed by atoms with Gasteiger partial charge in [-0.2, -0.15) is 5.26 Å². The molecular weight excluding hydrogens is 325 g/mol. The maximum Gasteiger partial charge on any atom is 0.123 e. The molecule has 2 heterocycles. The lowest BCUT2D eigenvalue weighted by Crippen LogP contribution is -2.27. The largest absolute Gasteiger partial charge is 0.373 e. The van der Waals surface area contributed by atoms with Gasteiger partial charge in [-0.05, 0) is 60.4 Å². The van der Waals surface area contributed by atoms with Gasteiger partial charge in [0, 0.05) is 37.2 Å². The van der Waals surface area contributed by atoms with E-state index in [0.717, 1.165) is 43.7 Å². The summed E-state index contributed by atoms with van der Waals surface area (Å²) < 4.78 is 13.0. The number of hydrogen-bond donors (Lipinski definition) is 0. The third-order valence-electron chi connectivity index (χ3n) is 5.01. The third-order valence-corrected chi connectivity index (χ3v) is 5.01. The van der Waals surface area contributed by atoms with E-state index in [1.165, 1.54) is 23.4 Å². The highest BCUT2D eigenvalue weighted by atomic mass is 19.1. The van der Waals surface area contributed by atoms with Crippen LogP contribution in [0.4, 0.5) is 10.1 Å². The van der Waals surface area contributed by atoms with E-state index in [1.807, 2.05) is 24.3 Å². The molecule has 2 aliphatic heterocycles. The van der Waals surface area contributed by atoms with Crippen molar-refractivity contribution in [2.45, 2.75) is 12.8 Å². The molecule has 0 aromatic heterocycles. The lowest BCUT2D eigenvalue weighted by atomic mass is 10.1. The van der Waals surface area contributed by atoms with E-state index in [-0.39, 0.29) is 5.82 Å². The number of rotatable bonds is 4. The molecule has 0 unspecified atom stereocenters. The lowest BCUT2D eigenvalue weighted by molar-refractivity contribution is 0.413. The average Bonchev–Trinajstić information content (AvgIpc) is 3.11. The van der Waals surface area contributed by atoms with Gasteiger partial charge in [-0.25, -0.2) is 4.39 Å². The van der Waals surface area contributed by atoms with Crippen LogP contribution in [0, 0.1) is 17.1 Å². The highest BCUT2D eigenvalue weighted by molar-refractivity contribution is 5.66. The molecule has 3 nitrogen and oxygen atoms in total. The second-order valence-corrected chi connectivity index (χ2v) is 6.67. The van der Waals surface area contributed by atoms with E-state index in [2.05, 4.69) is 40.3 Å². The lowest BCUT2D eigenvalue weighted by Gasteiger charge is -2.27. The van der Waals surface area contributed by atoms with E-state index in [0.29, 0.717) is 5.56 Å². The van der Waals surface area contributed by atoms with Crippen LogP contribution in [0.15, 0.2) is 66.5 Å². The molecule has 0 bridgehead atoms. The molecule has 0 amide bonds. The number of anilines is 1. The first-order chi connectivity index (χ1) is 12.7. The molecule has 26 heavy (non-hydrogen) atoms. The SMILES string of the molecule is N#Cc1ccc2c(c1)N(C1=CCN(CCc3ccc(F)cc3)C=C1)CC2. The highest BCUT2D eigenvalue weighted by Gasteiger charge is 2.22. The van der Waals surface area contributed by atoms with Gasteiger partial charge >= 0.3 is 0 Å². The van der Waals surface area contributed by atoms with E-state index in [1.54, 1.807) is 0 Å². The molecule has 0 atom stereocenters. The Morgan fingerprint density at radius 1 is 1.12 bits per heavy atom. The van der Waals surface area contributed by atoms with Gasteiger partial charge in [0.05, 0.1) is 11.6 Å². The zero-order chi connectivity index (χ0) is 17.9. The number of nitrogens with zero attached hydrogens (tertiary/aromatic N) is 3. The molecule has 2 aromatic rings. The van der Waals surface area contributed by atoms with Crippen molar-refractivity contribution in [2.75, 3.05) is 24.5 Å². The van der Waals surface area contributed by atoms with Gasteiger partial charge in [0.1, 0.15) is 5.82 Å². The predicted molar refractivity (Wildman–Crippen MR) is 101 cm³/mol. The fraction of sp³-hybridized carbons (Fsp3) is 0.227. The van der Waals surface area contributed by atoms with Crippen LogP contribution >= 0.6 is 0 Å². The van der Waals surface area contributed by atoms with Crippen LogP contribution in [0.25, 0.3) is 0 Å². The minimum atomic E-state index is -0.190. The smallest absolute Gasteiger partial charge is 0.123 e. The van der Waals surface area contributed by atoms with Gasteiger partial charge in [0.15, 0.2) is 0 Å². The van der Waals surface area contributed by atoms with Gasteiger partial charge in [-0.1, -0.05) is 18.2 Å². The van der Waals surface area contributed by atoms with E-state index < -0.39 is 0 Å². The van der Waals surface area contributed by atoms with Crippen LogP contribution in [0.2, 0.25) is 0 Å². The Hall–Kier alpha value is -3.06. The second kappa shape index (κ2) is 7.05. The summed E-state index contributed by atoms with van der Waals surface area (Å²) in [5.41, 5.74) is 5.50. The van der Waals surface area contributed by atoms with E-state index in [9.17, 15) is 4.39 Å². The molecule has 2 aromatic carbocycles.